The molecule has 0 spiro atoms. The third kappa shape index (κ3) is 7.97. The zero-order valence-electron chi connectivity index (χ0n) is 22.8. The highest BCUT2D eigenvalue weighted by Gasteiger charge is 2.26. The number of hydrazone groups is 1. The van der Waals surface area contributed by atoms with Crippen LogP contribution in [0, 0.1) is 6.92 Å². The van der Waals surface area contributed by atoms with Gasteiger partial charge in [-0.3, -0.25) is 4.79 Å². The first-order chi connectivity index (χ1) is 19.7. The van der Waals surface area contributed by atoms with Gasteiger partial charge in [0, 0.05) is 11.6 Å². The number of carbonyl (C=O) groups excluding carboxylic acids is 1. The number of carbonyl (C=O) groups is 1. The second kappa shape index (κ2) is 13.5. The zero-order valence-corrected chi connectivity index (χ0v) is 24.4. The first-order valence-electron chi connectivity index (χ1n) is 12.6. The van der Waals surface area contributed by atoms with Gasteiger partial charge in [-0.25, -0.2) is 13.8 Å². The van der Waals surface area contributed by atoms with E-state index in [4.69, 9.17) is 25.5 Å². The lowest BCUT2D eigenvalue weighted by Crippen LogP contribution is -2.30. The maximum atomic E-state index is 13.6. The van der Waals surface area contributed by atoms with Gasteiger partial charge in [-0.05, 0) is 66.6 Å². The van der Waals surface area contributed by atoms with E-state index in [2.05, 4.69) is 10.5 Å². The lowest BCUT2D eigenvalue weighted by molar-refractivity contribution is -0.120. The average molecular weight is 596 g/mol. The number of rotatable bonds is 12. The molecular formula is C30H30ClN3O6S. The average Bonchev–Trinajstić information content (AvgIpc) is 3.41. The molecule has 1 aromatic heterocycles. The van der Waals surface area contributed by atoms with Crippen LogP contribution in [-0.4, -0.2) is 39.1 Å². The predicted molar refractivity (Wildman–Crippen MR) is 157 cm³/mol. The fraction of sp³-hybridized carbons (Fsp3) is 0.200. The molecular weight excluding hydrogens is 566 g/mol. The highest BCUT2D eigenvalue weighted by Crippen LogP contribution is 2.28. The van der Waals surface area contributed by atoms with E-state index in [0.29, 0.717) is 28.0 Å². The van der Waals surface area contributed by atoms with Crippen molar-refractivity contribution in [2.24, 2.45) is 5.10 Å². The summed E-state index contributed by atoms with van der Waals surface area (Å²) in [5.74, 6) is 1.53. The van der Waals surface area contributed by atoms with Gasteiger partial charge >= 0.3 is 0 Å². The summed E-state index contributed by atoms with van der Waals surface area (Å²) in [5, 5.41) is 4.41. The van der Waals surface area contributed by atoms with Crippen LogP contribution in [0.5, 0.6) is 11.5 Å². The summed E-state index contributed by atoms with van der Waals surface area (Å²) in [5.41, 5.74) is 5.10. The molecule has 3 aromatic carbocycles. The molecule has 0 aliphatic carbocycles. The molecule has 0 bridgehead atoms. The fourth-order valence-electron chi connectivity index (χ4n) is 3.98. The standard InChI is InChI=1S/C30H30ClN3O6S/c1-21-4-6-22(7-5-21)19-34(41(36,37)27-13-9-24(31)10-14-27)20-26-12-11-25(40-26)18-32-33-30(35)17-23-8-15-28(38-2)29(16-23)39-3/h4-16,18H,17,19-20H2,1-3H3,(H,33,35)/b32-18-. The van der Waals surface area contributed by atoms with Gasteiger partial charge in [0.2, 0.25) is 15.9 Å². The molecule has 1 heterocycles. The van der Waals surface area contributed by atoms with Crippen LogP contribution in [0.15, 0.2) is 93.3 Å². The number of benzene rings is 3. The van der Waals surface area contributed by atoms with E-state index in [0.717, 1.165) is 16.7 Å². The van der Waals surface area contributed by atoms with Gasteiger partial charge in [0.05, 0.1) is 38.3 Å². The molecule has 11 heteroatoms. The Morgan fingerprint density at radius 3 is 2.29 bits per heavy atom. The third-order valence-electron chi connectivity index (χ3n) is 6.14. The molecule has 0 radical (unpaired) electrons. The summed E-state index contributed by atoms with van der Waals surface area (Å²) >= 11 is 5.97. The van der Waals surface area contributed by atoms with Crippen molar-refractivity contribution in [3.05, 3.63) is 112 Å². The normalized spacial score (nSPS) is 11.6. The number of methoxy groups -OCH3 is 2. The van der Waals surface area contributed by atoms with Crippen LogP contribution < -0.4 is 14.9 Å². The van der Waals surface area contributed by atoms with Crippen molar-refractivity contribution >= 4 is 33.7 Å². The van der Waals surface area contributed by atoms with Gasteiger partial charge in [-0.2, -0.15) is 9.41 Å². The summed E-state index contributed by atoms with van der Waals surface area (Å²) in [6, 6.07) is 22.2. The SMILES string of the molecule is COc1ccc(CC(=O)N/N=C\c2ccc(CN(Cc3ccc(C)cc3)S(=O)(=O)c3ccc(Cl)cc3)o2)cc1OC. The van der Waals surface area contributed by atoms with Crippen LogP contribution >= 0.6 is 11.6 Å². The highest BCUT2D eigenvalue weighted by atomic mass is 35.5. The van der Waals surface area contributed by atoms with E-state index in [1.54, 1.807) is 49.6 Å². The molecule has 0 fully saturated rings. The van der Waals surface area contributed by atoms with Crippen molar-refractivity contribution < 1.29 is 27.1 Å². The van der Waals surface area contributed by atoms with Crippen LogP contribution in [-0.2, 0) is 34.3 Å². The number of aryl methyl sites for hydroxylation is 1. The van der Waals surface area contributed by atoms with E-state index in [1.807, 2.05) is 31.2 Å². The fourth-order valence-corrected chi connectivity index (χ4v) is 5.51. The molecule has 0 atom stereocenters. The van der Waals surface area contributed by atoms with Gasteiger partial charge in [-0.15, -0.1) is 0 Å². The van der Waals surface area contributed by atoms with E-state index in [9.17, 15) is 13.2 Å². The van der Waals surface area contributed by atoms with Crippen molar-refractivity contribution in [1.82, 2.24) is 9.73 Å². The number of sulfonamides is 1. The molecule has 0 saturated heterocycles. The molecule has 214 valence electrons. The minimum absolute atomic E-state index is 0.0155. The minimum Gasteiger partial charge on any atom is -0.493 e. The van der Waals surface area contributed by atoms with Gasteiger partial charge in [0.1, 0.15) is 11.5 Å². The van der Waals surface area contributed by atoms with Crippen LogP contribution in [0.2, 0.25) is 5.02 Å². The van der Waals surface area contributed by atoms with Crippen molar-refractivity contribution in [2.75, 3.05) is 14.2 Å². The molecule has 4 aromatic rings. The number of nitrogens with zero attached hydrogens (tertiary/aromatic N) is 2. The first kappa shape index (κ1) is 29.9. The van der Waals surface area contributed by atoms with E-state index in [1.165, 1.54) is 29.8 Å². The molecule has 0 saturated carbocycles. The molecule has 1 N–H and O–H groups in total. The second-order valence-electron chi connectivity index (χ2n) is 9.18. The lowest BCUT2D eigenvalue weighted by atomic mass is 10.1. The number of hydrogen-bond acceptors (Lipinski definition) is 7. The Labute approximate surface area is 244 Å². The smallest absolute Gasteiger partial charge is 0.244 e. The Morgan fingerprint density at radius 2 is 1.61 bits per heavy atom. The minimum atomic E-state index is -3.88. The molecule has 4 rings (SSSR count). The quantitative estimate of drug-likeness (QED) is 0.175. The summed E-state index contributed by atoms with van der Waals surface area (Å²) in [7, 11) is -0.808. The summed E-state index contributed by atoms with van der Waals surface area (Å²) in [6.45, 7) is 2.09. The van der Waals surface area contributed by atoms with Crippen molar-refractivity contribution in [1.29, 1.82) is 0 Å². The van der Waals surface area contributed by atoms with Crippen molar-refractivity contribution in [3.63, 3.8) is 0 Å². The molecule has 9 nitrogen and oxygen atoms in total. The van der Waals surface area contributed by atoms with E-state index in [-0.39, 0.29) is 30.3 Å². The van der Waals surface area contributed by atoms with Crippen LogP contribution in [0.4, 0.5) is 0 Å². The largest absolute Gasteiger partial charge is 0.493 e. The summed E-state index contributed by atoms with van der Waals surface area (Å²) in [6.07, 6.45) is 1.44. The van der Waals surface area contributed by atoms with Crippen molar-refractivity contribution in [3.8, 4) is 11.5 Å². The van der Waals surface area contributed by atoms with Gasteiger partial charge in [-0.1, -0.05) is 47.5 Å². The number of ether oxygens (including phenoxy) is 2. The number of furan rings is 1. The predicted octanol–water partition coefficient (Wildman–Crippen LogP) is 5.34. The van der Waals surface area contributed by atoms with E-state index >= 15 is 0 Å². The van der Waals surface area contributed by atoms with Crippen LogP contribution in [0.1, 0.15) is 28.2 Å². The van der Waals surface area contributed by atoms with Crippen LogP contribution in [0.3, 0.4) is 0 Å². The Balaban J connectivity index is 1.44. The molecule has 1 amide bonds. The van der Waals surface area contributed by atoms with Gasteiger partial charge < -0.3 is 13.9 Å². The number of nitrogens with one attached hydrogen (secondary N) is 1. The highest BCUT2D eigenvalue weighted by molar-refractivity contribution is 7.89. The van der Waals surface area contributed by atoms with Gasteiger partial charge in [0.15, 0.2) is 11.5 Å². The Morgan fingerprint density at radius 1 is 0.927 bits per heavy atom. The molecule has 0 unspecified atom stereocenters. The third-order valence-corrected chi connectivity index (χ3v) is 8.20. The monoisotopic (exact) mass is 595 g/mol. The van der Waals surface area contributed by atoms with E-state index < -0.39 is 10.0 Å². The molecule has 0 aliphatic heterocycles. The first-order valence-corrected chi connectivity index (χ1v) is 14.4. The number of halogens is 1. The number of hydrogen-bond donors (Lipinski definition) is 1. The molecule has 41 heavy (non-hydrogen) atoms. The lowest BCUT2D eigenvalue weighted by Gasteiger charge is -2.21. The molecule has 0 aliphatic rings. The topological polar surface area (TPSA) is 110 Å². The van der Waals surface area contributed by atoms with Crippen molar-refractivity contribution in [2.45, 2.75) is 31.3 Å². The Hall–Kier alpha value is -4.12. The Kier molecular flexibility index (Phi) is 9.82. The zero-order chi connectivity index (χ0) is 29.4. The maximum Gasteiger partial charge on any atom is 0.244 e. The second-order valence-corrected chi connectivity index (χ2v) is 11.6. The summed E-state index contributed by atoms with van der Waals surface area (Å²) in [4.78, 5) is 12.5. The maximum absolute atomic E-state index is 13.6. The summed E-state index contributed by atoms with van der Waals surface area (Å²) < 4.78 is 44.7. The number of amides is 1. The van der Waals surface area contributed by atoms with Gasteiger partial charge in [0.25, 0.3) is 0 Å². The Bertz CT molecular complexity index is 1620. The van der Waals surface area contributed by atoms with Crippen LogP contribution in [0.25, 0.3) is 0 Å².